The standard InChI is InChI=1S/C12H13N3O.C2HF3O2/c1-15-7-5-10(9-15)8-12(16)14-11-4-2-3-6-13-11;3-2(4,5)1(6)7/h2-7,9H,8H2,1H3,(H,13,14,16);(H,6,7). The quantitative estimate of drug-likeness (QED) is 0.904. The molecule has 0 atom stereocenters. The molecule has 0 radical (unpaired) electrons. The van der Waals surface area contributed by atoms with Gasteiger partial charge in [0.25, 0.3) is 0 Å². The molecule has 0 aliphatic carbocycles. The number of alkyl halides is 3. The lowest BCUT2D eigenvalue weighted by Gasteiger charge is -2.02. The van der Waals surface area contributed by atoms with Crippen LogP contribution in [0.1, 0.15) is 5.56 Å². The van der Waals surface area contributed by atoms with Gasteiger partial charge in [0.15, 0.2) is 0 Å². The number of anilines is 1. The maximum absolute atomic E-state index is 11.6. The molecule has 2 N–H and O–H groups in total. The van der Waals surface area contributed by atoms with Gasteiger partial charge in [-0.1, -0.05) is 6.07 Å². The number of pyridine rings is 1. The minimum atomic E-state index is -5.08. The lowest BCUT2D eigenvalue weighted by Crippen LogP contribution is -2.21. The first kappa shape index (κ1) is 18.2. The fraction of sp³-hybridized carbons (Fsp3) is 0.214. The molecule has 0 saturated heterocycles. The molecule has 0 spiro atoms. The van der Waals surface area contributed by atoms with Crippen LogP contribution in [0.15, 0.2) is 42.9 Å². The number of halogens is 3. The Morgan fingerprint density at radius 2 is 1.96 bits per heavy atom. The largest absolute Gasteiger partial charge is 0.490 e. The zero-order chi connectivity index (χ0) is 17.5. The van der Waals surface area contributed by atoms with Gasteiger partial charge in [0.2, 0.25) is 5.91 Å². The molecule has 0 saturated carbocycles. The molecule has 1 amide bonds. The highest BCUT2D eigenvalue weighted by molar-refractivity contribution is 5.91. The van der Waals surface area contributed by atoms with E-state index in [9.17, 15) is 18.0 Å². The van der Waals surface area contributed by atoms with Gasteiger partial charge in [-0.15, -0.1) is 0 Å². The Kier molecular flexibility index (Phi) is 6.31. The summed E-state index contributed by atoms with van der Waals surface area (Å²) in [7, 11) is 1.93. The average Bonchev–Trinajstić information content (AvgIpc) is 2.84. The van der Waals surface area contributed by atoms with Crippen LogP contribution in [0.3, 0.4) is 0 Å². The van der Waals surface area contributed by atoms with E-state index in [4.69, 9.17) is 9.90 Å². The number of aryl methyl sites for hydroxylation is 1. The van der Waals surface area contributed by atoms with Crippen LogP contribution in [-0.2, 0) is 23.1 Å². The van der Waals surface area contributed by atoms with Crippen LogP contribution in [0.5, 0.6) is 0 Å². The lowest BCUT2D eigenvalue weighted by atomic mass is 10.2. The van der Waals surface area contributed by atoms with Crippen molar-refractivity contribution in [3.05, 3.63) is 48.4 Å². The highest BCUT2D eigenvalue weighted by Gasteiger charge is 2.38. The molecular formula is C14H14F3N3O3. The van der Waals surface area contributed by atoms with E-state index in [-0.39, 0.29) is 5.91 Å². The van der Waals surface area contributed by atoms with Gasteiger partial charge in [-0.3, -0.25) is 4.79 Å². The van der Waals surface area contributed by atoms with Crippen LogP contribution in [0, 0.1) is 0 Å². The average molecular weight is 329 g/mol. The minimum Gasteiger partial charge on any atom is -0.475 e. The Labute approximate surface area is 129 Å². The molecule has 9 heteroatoms. The first-order valence-corrected chi connectivity index (χ1v) is 6.30. The maximum Gasteiger partial charge on any atom is 0.490 e. The Morgan fingerprint density at radius 3 is 2.39 bits per heavy atom. The number of carboxylic acids is 1. The number of nitrogens with zero attached hydrogens (tertiary/aromatic N) is 2. The fourth-order valence-corrected chi connectivity index (χ4v) is 1.47. The third-order valence-electron chi connectivity index (χ3n) is 2.43. The van der Waals surface area contributed by atoms with Gasteiger partial charge >= 0.3 is 12.1 Å². The van der Waals surface area contributed by atoms with E-state index in [0.29, 0.717) is 12.2 Å². The molecule has 0 bridgehead atoms. The van der Waals surface area contributed by atoms with Gasteiger partial charge in [-0.2, -0.15) is 13.2 Å². The predicted molar refractivity (Wildman–Crippen MR) is 75.7 cm³/mol. The molecule has 2 aromatic rings. The van der Waals surface area contributed by atoms with Gasteiger partial charge in [0, 0.05) is 25.6 Å². The third kappa shape index (κ3) is 7.11. The van der Waals surface area contributed by atoms with Crippen LogP contribution in [-0.4, -0.2) is 32.7 Å². The monoisotopic (exact) mass is 329 g/mol. The number of aromatic nitrogens is 2. The normalized spacial score (nSPS) is 10.4. The number of carboxylic acid groups (broad SMARTS) is 1. The predicted octanol–water partition coefficient (Wildman–Crippen LogP) is 2.23. The van der Waals surface area contributed by atoms with Gasteiger partial charge in [0.1, 0.15) is 5.82 Å². The molecule has 0 fully saturated rings. The highest BCUT2D eigenvalue weighted by Crippen LogP contribution is 2.13. The summed E-state index contributed by atoms with van der Waals surface area (Å²) in [6, 6.07) is 7.35. The van der Waals surface area contributed by atoms with E-state index in [1.165, 1.54) is 0 Å². The minimum absolute atomic E-state index is 0.0510. The molecule has 0 aliphatic heterocycles. The van der Waals surface area contributed by atoms with Crippen molar-refractivity contribution < 1.29 is 27.9 Å². The first-order valence-electron chi connectivity index (χ1n) is 6.30. The number of carbonyl (C=O) groups excluding carboxylic acids is 1. The number of hydrogen-bond donors (Lipinski definition) is 2. The zero-order valence-corrected chi connectivity index (χ0v) is 12.0. The summed E-state index contributed by atoms with van der Waals surface area (Å²) < 4.78 is 33.7. The van der Waals surface area contributed by atoms with Crippen molar-refractivity contribution >= 4 is 17.7 Å². The second kappa shape index (κ2) is 7.97. The summed E-state index contributed by atoms with van der Waals surface area (Å²) in [5, 5.41) is 9.87. The number of hydrogen-bond acceptors (Lipinski definition) is 3. The maximum atomic E-state index is 11.6. The highest BCUT2D eigenvalue weighted by atomic mass is 19.4. The number of carbonyl (C=O) groups is 2. The summed E-state index contributed by atoms with van der Waals surface area (Å²) in [5.41, 5.74) is 0.996. The number of aliphatic carboxylic acids is 1. The molecule has 6 nitrogen and oxygen atoms in total. The van der Waals surface area contributed by atoms with Crippen LogP contribution in [0.25, 0.3) is 0 Å². The van der Waals surface area contributed by atoms with Crippen molar-refractivity contribution in [1.82, 2.24) is 9.55 Å². The van der Waals surface area contributed by atoms with Gasteiger partial charge in [0.05, 0.1) is 6.42 Å². The third-order valence-corrected chi connectivity index (χ3v) is 2.43. The molecule has 2 aromatic heterocycles. The van der Waals surface area contributed by atoms with Crippen molar-refractivity contribution in [3.8, 4) is 0 Å². The summed E-state index contributed by atoms with van der Waals surface area (Å²) in [6.07, 6.45) is 0.789. The molecule has 2 rings (SSSR count). The topological polar surface area (TPSA) is 84.2 Å². The van der Waals surface area contributed by atoms with Crippen molar-refractivity contribution in [2.75, 3.05) is 5.32 Å². The SMILES string of the molecule is Cn1ccc(CC(=O)Nc2ccccn2)c1.O=C(O)C(F)(F)F. The molecular weight excluding hydrogens is 315 g/mol. The van der Waals surface area contributed by atoms with E-state index in [0.717, 1.165) is 5.56 Å². The molecule has 0 unspecified atom stereocenters. The van der Waals surface area contributed by atoms with Crippen LogP contribution < -0.4 is 5.32 Å². The Bertz CT molecular complexity index is 654. The van der Waals surface area contributed by atoms with Crippen molar-refractivity contribution in [2.45, 2.75) is 12.6 Å². The van der Waals surface area contributed by atoms with Crippen molar-refractivity contribution in [3.63, 3.8) is 0 Å². The number of nitrogens with one attached hydrogen (secondary N) is 1. The van der Waals surface area contributed by atoms with E-state index in [1.807, 2.05) is 42.2 Å². The Morgan fingerprint density at radius 1 is 1.30 bits per heavy atom. The summed E-state index contributed by atoms with van der Waals surface area (Å²) in [6.45, 7) is 0. The molecule has 0 aromatic carbocycles. The van der Waals surface area contributed by atoms with Crippen LogP contribution in [0.4, 0.5) is 19.0 Å². The van der Waals surface area contributed by atoms with Gasteiger partial charge < -0.3 is 15.0 Å². The summed E-state index contributed by atoms with van der Waals surface area (Å²) >= 11 is 0. The van der Waals surface area contributed by atoms with Crippen molar-refractivity contribution in [2.24, 2.45) is 7.05 Å². The molecule has 2 heterocycles. The molecule has 124 valence electrons. The summed E-state index contributed by atoms with van der Waals surface area (Å²) in [5.74, 6) is -2.22. The van der Waals surface area contributed by atoms with Gasteiger partial charge in [-0.05, 0) is 23.8 Å². The van der Waals surface area contributed by atoms with Crippen LogP contribution >= 0.6 is 0 Å². The first-order chi connectivity index (χ1) is 10.7. The smallest absolute Gasteiger partial charge is 0.475 e. The molecule has 0 aliphatic rings. The fourth-order valence-electron chi connectivity index (χ4n) is 1.47. The Balaban J connectivity index is 0.000000322. The van der Waals surface area contributed by atoms with Gasteiger partial charge in [-0.25, -0.2) is 9.78 Å². The van der Waals surface area contributed by atoms with Crippen molar-refractivity contribution in [1.29, 1.82) is 0 Å². The second-order valence-electron chi connectivity index (χ2n) is 4.43. The van der Waals surface area contributed by atoms with E-state index in [2.05, 4.69) is 10.3 Å². The summed E-state index contributed by atoms with van der Waals surface area (Å²) in [4.78, 5) is 24.6. The number of amides is 1. The molecule has 23 heavy (non-hydrogen) atoms. The second-order valence-corrected chi connectivity index (χ2v) is 4.43. The Hall–Kier alpha value is -2.84. The number of rotatable bonds is 3. The van der Waals surface area contributed by atoms with E-state index < -0.39 is 12.1 Å². The zero-order valence-electron chi connectivity index (χ0n) is 12.0. The van der Waals surface area contributed by atoms with Crippen LogP contribution in [0.2, 0.25) is 0 Å². The van der Waals surface area contributed by atoms with E-state index in [1.54, 1.807) is 12.3 Å². The van der Waals surface area contributed by atoms with E-state index >= 15 is 0 Å². The lowest BCUT2D eigenvalue weighted by molar-refractivity contribution is -0.192.